The summed E-state index contributed by atoms with van der Waals surface area (Å²) >= 11 is 1.17. The first-order valence-corrected chi connectivity index (χ1v) is 15.2. The highest BCUT2D eigenvalue weighted by Crippen LogP contribution is 2.38. The monoisotopic (exact) mass is 573 g/mol. The fourth-order valence-corrected chi connectivity index (χ4v) is 7.26. The second-order valence-electron chi connectivity index (χ2n) is 8.31. The highest BCUT2D eigenvalue weighted by molar-refractivity contribution is 7.91. The molecule has 0 aliphatic carbocycles. The third kappa shape index (κ3) is 5.95. The Kier molecular flexibility index (Phi) is 7.07. The Morgan fingerprint density at radius 3 is 2.39 bits per heavy atom. The molecule has 14 heteroatoms. The molecule has 196 valence electrons. The molecule has 0 bridgehead atoms. The van der Waals surface area contributed by atoms with E-state index in [2.05, 4.69) is 15.2 Å². The van der Waals surface area contributed by atoms with Gasteiger partial charge in [-0.1, -0.05) is 48.5 Å². The van der Waals surface area contributed by atoms with Crippen molar-refractivity contribution < 1.29 is 25.6 Å². The number of benzene rings is 3. The minimum absolute atomic E-state index is 0.177. The Hall–Kier alpha value is -3.56. The fourth-order valence-electron chi connectivity index (χ4n) is 3.78. The van der Waals surface area contributed by atoms with E-state index in [1.165, 1.54) is 35.6 Å². The maximum Gasteiger partial charge on any atom is 0.274 e. The summed E-state index contributed by atoms with van der Waals surface area (Å²) in [5.41, 5.74) is 2.88. The van der Waals surface area contributed by atoms with Crippen LogP contribution in [0.1, 0.15) is 27.6 Å². The highest BCUT2D eigenvalue weighted by atomic mass is 32.2. The molecule has 0 spiro atoms. The van der Waals surface area contributed by atoms with Gasteiger partial charge in [0.25, 0.3) is 10.2 Å². The van der Waals surface area contributed by atoms with Gasteiger partial charge in [-0.25, -0.2) is 22.9 Å². The van der Waals surface area contributed by atoms with Crippen molar-refractivity contribution in [1.82, 2.24) is 19.9 Å². The lowest BCUT2D eigenvalue weighted by Crippen LogP contribution is -2.30. The van der Waals surface area contributed by atoms with E-state index < -0.39 is 43.4 Å². The highest BCUT2D eigenvalue weighted by Gasteiger charge is 2.37. The van der Waals surface area contributed by atoms with Crippen molar-refractivity contribution in [2.75, 3.05) is 0 Å². The van der Waals surface area contributed by atoms with Gasteiger partial charge in [-0.3, -0.25) is 0 Å². The summed E-state index contributed by atoms with van der Waals surface area (Å²) < 4.78 is 71.5. The molecule has 10 nitrogen and oxygen atoms in total. The van der Waals surface area contributed by atoms with E-state index in [-0.39, 0.29) is 16.8 Å². The van der Waals surface area contributed by atoms with E-state index in [4.69, 9.17) is 9.56 Å². The number of nitrogens with two attached hydrogens (primary N) is 1. The number of aromatic nitrogens is 3. The minimum Gasteiger partial charge on any atom is -0.422 e. The van der Waals surface area contributed by atoms with Gasteiger partial charge < -0.3 is 4.42 Å². The quantitative estimate of drug-likeness (QED) is 0.271. The Morgan fingerprint density at radius 1 is 0.947 bits per heavy atom. The molecule has 3 N–H and O–H groups in total. The predicted octanol–water partition coefficient (Wildman–Crippen LogP) is 3.48. The van der Waals surface area contributed by atoms with Gasteiger partial charge in [0.05, 0.1) is 22.5 Å². The summed E-state index contributed by atoms with van der Waals surface area (Å²) in [6.45, 7) is -0.420. The zero-order valence-corrected chi connectivity index (χ0v) is 21.9. The zero-order valence-electron chi connectivity index (χ0n) is 19.5. The topological polar surface area (TPSA) is 158 Å². The molecule has 1 unspecified atom stereocenters. The number of hydrogen-bond acceptors (Lipinski definition) is 9. The molecule has 0 saturated carbocycles. The van der Waals surface area contributed by atoms with Crippen LogP contribution >= 0.6 is 11.3 Å². The van der Waals surface area contributed by atoms with E-state index in [1.54, 1.807) is 6.07 Å². The maximum atomic E-state index is 13.7. The maximum absolute atomic E-state index is 13.7. The molecule has 5 rings (SSSR count). The minimum atomic E-state index is -4.07. The molecular weight excluding hydrogens is 553 g/mol. The van der Waals surface area contributed by atoms with Crippen LogP contribution in [0.15, 0.2) is 77.2 Å². The van der Waals surface area contributed by atoms with Gasteiger partial charge in [0, 0.05) is 0 Å². The second-order valence-corrected chi connectivity index (χ2v) is 12.8. The number of nitrogens with one attached hydrogen (secondary N) is 1. The summed E-state index contributed by atoms with van der Waals surface area (Å²) in [6, 6.07) is 20.4. The molecular formula is C24H20FN5O5S3. The molecule has 0 amide bonds. The number of rotatable bonds is 9. The fraction of sp³-hybridized carbons (Fsp3) is 0.125. The first kappa shape index (κ1) is 26.1. The third-order valence-electron chi connectivity index (χ3n) is 5.51. The van der Waals surface area contributed by atoms with Crippen molar-refractivity contribution in [3.8, 4) is 11.1 Å². The van der Waals surface area contributed by atoms with Crippen LogP contribution in [0.4, 0.5) is 4.39 Å². The predicted molar refractivity (Wildman–Crippen MR) is 140 cm³/mol. The molecule has 2 heterocycles. The molecule has 0 aliphatic rings. The molecule has 5 aromatic rings. The number of hydrogen-bond donors (Lipinski definition) is 2. The Morgan fingerprint density at radius 2 is 1.68 bits per heavy atom. The van der Waals surface area contributed by atoms with Gasteiger partial charge in [0.2, 0.25) is 11.8 Å². The largest absolute Gasteiger partial charge is 0.422 e. The summed E-state index contributed by atoms with van der Waals surface area (Å²) in [5.74, 6) is -1.40. The van der Waals surface area contributed by atoms with Crippen LogP contribution in [0.2, 0.25) is 0 Å². The van der Waals surface area contributed by atoms with E-state index >= 15 is 0 Å². The molecule has 0 saturated heterocycles. The van der Waals surface area contributed by atoms with Gasteiger partial charge in [0.1, 0.15) is 10.8 Å². The average Bonchev–Trinajstić information content (AvgIpc) is 3.50. The van der Waals surface area contributed by atoms with Gasteiger partial charge in [-0.05, 0) is 41.0 Å². The molecule has 3 aromatic carbocycles. The van der Waals surface area contributed by atoms with Gasteiger partial charge in [0.15, 0.2) is 15.1 Å². The van der Waals surface area contributed by atoms with Crippen LogP contribution in [-0.2, 0) is 32.3 Å². The number of sulfone groups is 1. The lowest BCUT2D eigenvalue weighted by atomic mass is 10.1. The number of fused-ring (bicyclic) bond motifs is 1. The molecule has 2 aromatic heterocycles. The SMILES string of the molecule is NS(=O)(=O)NCc1nnc(C(c2nc3ccc(-c4ccccc4)cc3s2)S(=O)(=O)Cc2ccc(F)cc2)o1. The van der Waals surface area contributed by atoms with E-state index in [0.717, 1.165) is 15.8 Å². The summed E-state index contributed by atoms with van der Waals surface area (Å²) in [4.78, 5) is 4.56. The van der Waals surface area contributed by atoms with Crippen LogP contribution in [0.25, 0.3) is 21.3 Å². The van der Waals surface area contributed by atoms with Crippen molar-refractivity contribution in [2.45, 2.75) is 17.5 Å². The lowest BCUT2D eigenvalue weighted by molar-refractivity contribution is 0.443. The van der Waals surface area contributed by atoms with Crippen LogP contribution in [0, 0.1) is 5.82 Å². The number of thiazole rings is 1. The van der Waals surface area contributed by atoms with Crippen molar-refractivity contribution in [3.63, 3.8) is 0 Å². The second kappa shape index (κ2) is 10.3. The van der Waals surface area contributed by atoms with Crippen molar-refractivity contribution in [3.05, 3.63) is 101 Å². The number of nitrogens with zero attached hydrogens (tertiary/aromatic N) is 3. The summed E-state index contributed by atoms with van der Waals surface area (Å²) in [5, 5.41) is 11.4. The standard InChI is InChI=1S/C24H20FN5O5S3/c25-18-9-6-15(7-10-18)14-37(31,32)22(23-30-29-21(35-23)13-27-38(26,33)34)24-28-19-11-8-17(12-20(19)36-24)16-4-2-1-3-5-16/h1-12,22,27H,13-14H2,(H2,26,33,34). The van der Waals surface area contributed by atoms with Crippen LogP contribution in [0.3, 0.4) is 0 Å². The van der Waals surface area contributed by atoms with Crippen LogP contribution < -0.4 is 9.86 Å². The molecule has 0 radical (unpaired) electrons. The Balaban J connectivity index is 1.56. The van der Waals surface area contributed by atoms with Gasteiger partial charge in [-0.2, -0.15) is 13.1 Å². The smallest absolute Gasteiger partial charge is 0.274 e. The first-order valence-electron chi connectivity index (χ1n) is 11.1. The van der Waals surface area contributed by atoms with E-state index in [1.807, 2.05) is 47.2 Å². The van der Waals surface area contributed by atoms with E-state index in [0.29, 0.717) is 11.1 Å². The first-order chi connectivity index (χ1) is 18.1. The van der Waals surface area contributed by atoms with Crippen molar-refractivity contribution >= 4 is 41.6 Å². The zero-order chi connectivity index (χ0) is 26.9. The Bertz CT molecular complexity index is 1810. The van der Waals surface area contributed by atoms with Crippen LogP contribution in [-0.4, -0.2) is 32.0 Å². The average molecular weight is 574 g/mol. The number of halogens is 1. The molecule has 1 atom stereocenters. The molecule has 0 aliphatic heterocycles. The summed E-state index contributed by atoms with van der Waals surface area (Å²) in [7, 11) is -8.11. The van der Waals surface area contributed by atoms with Gasteiger partial charge in [-0.15, -0.1) is 21.5 Å². The van der Waals surface area contributed by atoms with E-state index in [9.17, 15) is 21.2 Å². The summed E-state index contributed by atoms with van der Waals surface area (Å²) in [6.07, 6.45) is 0. The van der Waals surface area contributed by atoms with Gasteiger partial charge >= 0.3 is 0 Å². The lowest BCUT2D eigenvalue weighted by Gasteiger charge is -2.12. The van der Waals surface area contributed by atoms with Crippen molar-refractivity contribution in [2.24, 2.45) is 5.14 Å². The van der Waals surface area contributed by atoms with Crippen molar-refractivity contribution in [1.29, 1.82) is 0 Å². The molecule has 38 heavy (non-hydrogen) atoms. The normalized spacial score (nSPS) is 13.1. The van der Waals surface area contributed by atoms with Crippen LogP contribution in [0.5, 0.6) is 0 Å². The third-order valence-corrected chi connectivity index (χ3v) is 9.17. The Labute approximate surface area is 221 Å². The molecule has 0 fully saturated rings.